The Morgan fingerprint density at radius 1 is 0.955 bits per heavy atom. The van der Waals surface area contributed by atoms with E-state index in [9.17, 15) is 9.18 Å². The summed E-state index contributed by atoms with van der Waals surface area (Å²) in [6.45, 7) is 0.842. The van der Waals surface area contributed by atoms with E-state index in [-0.39, 0.29) is 24.7 Å². The van der Waals surface area contributed by atoms with Crippen molar-refractivity contribution in [2.75, 3.05) is 19.8 Å². The van der Waals surface area contributed by atoms with Crippen LogP contribution in [0.1, 0.15) is 6.42 Å². The van der Waals surface area contributed by atoms with Gasteiger partial charge in [0.1, 0.15) is 12.4 Å². The van der Waals surface area contributed by atoms with Crippen LogP contribution < -0.4 is 14.8 Å². The maximum atomic E-state index is 13.3. The Labute approximate surface area is 128 Å². The summed E-state index contributed by atoms with van der Waals surface area (Å²) in [5, 5.41) is 2.69. The minimum atomic E-state index is -0.412. The summed E-state index contributed by atoms with van der Waals surface area (Å²) in [6, 6.07) is 15.5. The zero-order valence-corrected chi connectivity index (χ0v) is 12.1. The van der Waals surface area contributed by atoms with Crippen molar-refractivity contribution in [3.05, 3.63) is 60.4 Å². The zero-order valence-electron chi connectivity index (χ0n) is 12.1. The molecule has 0 bridgehead atoms. The molecule has 0 atom stereocenters. The molecule has 1 N–H and O–H groups in total. The molecule has 0 fully saturated rings. The predicted octanol–water partition coefficient (Wildman–Crippen LogP) is 2.79. The number of carbonyl (C=O) groups is 1. The molecule has 5 heteroatoms. The molecule has 22 heavy (non-hydrogen) atoms. The highest BCUT2D eigenvalue weighted by Crippen LogP contribution is 2.14. The Bertz CT molecular complexity index is 589. The molecule has 4 nitrogen and oxygen atoms in total. The second-order valence-electron chi connectivity index (χ2n) is 4.54. The van der Waals surface area contributed by atoms with Gasteiger partial charge in [0.15, 0.2) is 11.6 Å². The second-order valence-corrected chi connectivity index (χ2v) is 4.54. The van der Waals surface area contributed by atoms with Gasteiger partial charge in [-0.05, 0) is 24.3 Å². The number of ether oxygens (including phenoxy) is 2. The molecule has 2 rings (SSSR count). The number of benzene rings is 2. The van der Waals surface area contributed by atoms with Gasteiger partial charge in [-0.25, -0.2) is 4.39 Å². The first-order chi connectivity index (χ1) is 10.8. The summed E-state index contributed by atoms with van der Waals surface area (Å²) in [5.74, 6) is 0.375. The number of rotatable bonds is 8. The zero-order chi connectivity index (χ0) is 15.6. The molecule has 1 amide bonds. The molecular formula is C17H18FNO3. The topological polar surface area (TPSA) is 47.6 Å². The lowest BCUT2D eigenvalue weighted by atomic mass is 10.3. The summed E-state index contributed by atoms with van der Waals surface area (Å²) in [7, 11) is 0. The summed E-state index contributed by atoms with van der Waals surface area (Å²) in [4.78, 5) is 11.6. The van der Waals surface area contributed by atoms with Gasteiger partial charge in [-0.1, -0.05) is 30.3 Å². The Balaban J connectivity index is 1.57. The number of nitrogens with one attached hydrogen (secondary N) is 1. The molecule has 0 aromatic heterocycles. The SMILES string of the molecule is O=C(CCOc1ccccc1)NCCOc1ccccc1F. The van der Waals surface area contributed by atoms with Crippen molar-refractivity contribution in [1.82, 2.24) is 5.32 Å². The van der Waals surface area contributed by atoms with E-state index in [4.69, 9.17) is 9.47 Å². The van der Waals surface area contributed by atoms with Crippen LogP contribution in [0.4, 0.5) is 4.39 Å². The summed E-state index contributed by atoms with van der Waals surface area (Å²) in [5.41, 5.74) is 0. The molecule has 0 spiro atoms. The Morgan fingerprint density at radius 2 is 1.68 bits per heavy atom. The molecule has 0 radical (unpaired) electrons. The molecular weight excluding hydrogens is 285 g/mol. The fraction of sp³-hybridized carbons (Fsp3) is 0.235. The normalized spacial score (nSPS) is 10.0. The first kappa shape index (κ1) is 15.8. The lowest BCUT2D eigenvalue weighted by Gasteiger charge is -2.09. The third kappa shape index (κ3) is 5.44. The standard InChI is InChI=1S/C17H18FNO3/c18-15-8-4-5-9-16(15)22-13-11-19-17(20)10-12-21-14-6-2-1-3-7-14/h1-9H,10-13H2,(H,19,20). The van der Waals surface area contributed by atoms with Gasteiger partial charge in [-0.3, -0.25) is 4.79 Å². The van der Waals surface area contributed by atoms with Crippen LogP contribution in [0, 0.1) is 5.82 Å². The van der Waals surface area contributed by atoms with Gasteiger partial charge in [-0.2, -0.15) is 0 Å². The minimum Gasteiger partial charge on any atom is -0.493 e. The summed E-state index contributed by atoms with van der Waals surface area (Å²) >= 11 is 0. The molecule has 2 aromatic rings. The van der Waals surface area contributed by atoms with Gasteiger partial charge in [-0.15, -0.1) is 0 Å². The van der Waals surface area contributed by atoms with Crippen molar-refractivity contribution in [3.8, 4) is 11.5 Å². The molecule has 0 saturated heterocycles. The quantitative estimate of drug-likeness (QED) is 0.763. The van der Waals surface area contributed by atoms with Gasteiger partial charge in [0.05, 0.1) is 19.6 Å². The van der Waals surface area contributed by atoms with E-state index in [1.54, 1.807) is 18.2 Å². The fourth-order valence-corrected chi connectivity index (χ4v) is 1.78. The largest absolute Gasteiger partial charge is 0.493 e. The van der Waals surface area contributed by atoms with Gasteiger partial charge in [0.25, 0.3) is 0 Å². The number of carbonyl (C=O) groups excluding carboxylic acids is 1. The van der Waals surface area contributed by atoms with Crippen LogP contribution >= 0.6 is 0 Å². The number of hydrogen-bond donors (Lipinski definition) is 1. The predicted molar refractivity (Wildman–Crippen MR) is 81.5 cm³/mol. The lowest BCUT2D eigenvalue weighted by molar-refractivity contribution is -0.121. The molecule has 0 aliphatic rings. The maximum absolute atomic E-state index is 13.3. The van der Waals surface area contributed by atoms with E-state index in [1.807, 2.05) is 30.3 Å². The van der Waals surface area contributed by atoms with Crippen molar-refractivity contribution in [2.45, 2.75) is 6.42 Å². The van der Waals surface area contributed by atoms with E-state index in [2.05, 4.69) is 5.32 Å². The summed E-state index contributed by atoms with van der Waals surface area (Å²) < 4.78 is 23.9. The van der Waals surface area contributed by atoms with Crippen LogP contribution in [0.3, 0.4) is 0 Å². The van der Waals surface area contributed by atoms with Crippen LogP contribution in [-0.4, -0.2) is 25.7 Å². The molecule has 0 unspecified atom stereocenters. The van der Waals surface area contributed by atoms with Crippen molar-refractivity contribution in [2.24, 2.45) is 0 Å². The van der Waals surface area contributed by atoms with Gasteiger partial charge in [0, 0.05) is 0 Å². The number of para-hydroxylation sites is 2. The number of hydrogen-bond acceptors (Lipinski definition) is 3. The first-order valence-electron chi connectivity index (χ1n) is 7.07. The van der Waals surface area contributed by atoms with E-state index in [0.29, 0.717) is 13.2 Å². The van der Waals surface area contributed by atoms with Gasteiger partial charge in [0.2, 0.25) is 5.91 Å². The van der Waals surface area contributed by atoms with E-state index in [0.717, 1.165) is 5.75 Å². The highest BCUT2D eigenvalue weighted by Gasteiger charge is 2.03. The lowest BCUT2D eigenvalue weighted by Crippen LogP contribution is -2.29. The molecule has 2 aromatic carbocycles. The highest BCUT2D eigenvalue weighted by molar-refractivity contribution is 5.75. The van der Waals surface area contributed by atoms with Crippen LogP contribution in [0.15, 0.2) is 54.6 Å². The third-order valence-corrected chi connectivity index (χ3v) is 2.86. The number of halogens is 1. The van der Waals surface area contributed by atoms with Crippen LogP contribution in [-0.2, 0) is 4.79 Å². The van der Waals surface area contributed by atoms with Crippen molar-refractivity contribution in [1.29, 1.82) is 0 Å². The van der Waals surface area contributed by atoms with E-state index >= 15 is 0 Å². The minimum absolute atomic E-state index is 0.131. The molecule has 0 aliphatic heterocycles. The van der Waals surface area contributed by atoms with Crippen LogP contribution in [0.5, 0.6) is 11.5 Å². The smallest absolute Gasteiger partial charge is 0.223 e. The molecule has 116 valence electrons. The first-order valence-corrected chi connectivity index (χ1v) is 7.07. The van der Waals surface area contributed by atoms with E-state index in [1.165, 1.54) is 6.07 Å². The van der Waals surface area contributed by atoms with Crippen molar-refractivity contribution < 1.29 is 18.7 Å². The van der Waals surface area contributed by atoms with Crippen LogP contribution in [0.25, 0.3) is 0 Å². The Kier molecular flexibility index (Phi) is 6.23. The van der Waals surface area contributed by atoms with Gasteiger partial charge < -0.3 is 14.8 Å². The van der Waals surface area contributed by atoms with Crippen molar-refractivity contribution >= 4 is 5.91 Å². The maximum Gasteiger partial charge on any atom is 0.223 e. The number of amides is 1. The van der Waals surface area contributed by atoms with Crippen molar-refractivity contribution in [3.63, 3.8) is 0 Å². The molecule has 0 saturated carbocycles. The van der Waals surface area contributed by atoms with Crippen LogP contribution in [0.2, 0.25) is 0 Å². The molecule has 0 heterocycles. The van der Waals surface area contributed by atoms with Gasteiger partial charge >= 0.3 is 0 Å². The van der Waals surface area contributed by atoms with E-state index < -0.39 is 5.82 Å². The average molecular weight is 303 g/mol. The molecule has 0 aliphatic carbocycles. The average Bonchev–Trinajstić information content (AvgIpc) is 2.54. The third-order valence-electron chi connectivity index (χ3n) is 2.86. The highest BCUT2D eigenvalue weighted by atomic mass is 19.1. The second kappa shape index (κ2) is 8.67. The Hall–Kier alpha value is -2.56. The monoisotopic (exact) mass is 303 g/mol. The Morgan fingerprint density at radius 3 is 2.45 bits per heavy atom. The fourth-order valence-electron chi connectivity index (χ4n) is 1.78. The summed E-state index contributed by atoms with van der Waals surface area (Å²) in [6.07, 6.45) is 0.259.